The number of nitrogens with zero attached hydrogens (tertiary/aromatic N) is 2. The van der Waals surface area contributed by atoms with E-state index in [0.717, 1.165) is 6.54 Å². The van der Waals surface area contributed by atoms with Crippen molar-refractivity contribution in [1.29, 1.82) is 0 Å². The zero-order chi connectivity index (χ0) is 18.6. The van der Waals surface area contributed by atoms with Gasteiger partial charge in [0.05, 0.1) is 19.4 Å². The summed E-state index contributed by atoms with van der Waals surface area (Å²) in [6.07, 6.45) is 5.46. The minimum Gasteiger partial charge on any atom is -0.338 e. The van der Waals surface area contributed by atoms with Gasteiger partial charge in [0, 0.05) is 21.9 Å². The second-order valence-electron chi connectivity index (χ2n) is 9.48. The normalized spacial score (nSPS) is 21.1. The molecule has 4 heteroatoms. The molecular formula is C23H30N2SSi. The van der Waals surface area contributed by atoms with Crippen LogP contribution in [0.15, 0.2) is 52.3 Å². The lowest BCUT2D eigenvalue weighted by Gasteiger charge is -2.43. The van der Waals surface area contributed by atoms with Crippen molar-refractivity contribution >= 4 is 36.4 Å². The fraction of sp³-hybridized carbons (Fsp3) is 0.478. The van der Waals surface area contributed by atoms with Gasteiger partial charge in [0.2, 0.25) is 0 Å². The number of hydrogen-bond donors (Lipinski definition) is 0. The molecule has 2 aromatic carbocycles. The van der Waals surface area contributed by atoms with Crippen LogP contribution in [0.5, 0.6) is 0 Å². The lowest BCUT2D eigenvalue weighted by Crippen LogP contribution is -2.50. The van der Waals surface area contributed by atoms with Crippen LogP contribution in [-0.4, -0.2) is 38.1 Å². The lowest BCUT2D eigenvalue weighted by molar-refractivity contribution is 0.203. The Bertz CT molecular complexity index is 863. The fourth-order valence-corrected chi connectivity index (χ4v) is 8.23. The Balaban J connectivity index is 1.66. The summed E-state index contributed by atoms with van der Waals surface area (Å²) in [6.45, 7) is 11.2. The topological polar surface area (TPSA) is 6.48 Å². The average Bonchev–Trinajstić information content (AvgIpc) is 3.20. The van der Waals surface area contributed by atoms with E-state index in [2.05, 4.69) is 71.9 Å². The summed E-state index contributed by atoms with van der Waals surface area (Å²) in [5.41, 5.74) is 3.33. The third-order valence-electron chi connectivity index (χ3n) is 6.72. The first-order valence-corrected chi connectivity index (χ1v) is 14.7. The molecule has 142 valence electrons. The van der Waals surface area contributed by atoms with Gasteiger partial charge in [-0.15, -0.1) is 0 Å². The molecule has 2 nitrogen and oxygen atoms in total. The van der Waals surface area contributed by atoms with Gasteiger partial charge in [0.25, 0.3) is 0 Å². The molecule has 2 aromatic rings. The molecule has 2 saturated heterocycles. The molecule has 5 rings (SSSR count). The van der Waals surface area contributed by atoms with E-state index in [0.29, 0.717) is 5.54 Å². The monoisotopic (exact) mass is 394 g/mol. The first kappa shape index (κ1) is 17.8. The van der Waals surface area contributed by atoms with Crippen LogP contribution < -0.4 is 10.1 Å². The molecule has 27 heavy (non-hydrogen) atoms. The Morgan fingerprint density at radius 1 is 0.926 bits per heavy atom. The van der Waals surface area contributed by atoms with E-state index in [4.69, 9.17) is 0 Å². The summed E-state index contributed by atoms with van der Waals surface area (Å²) in [4.78, 5) is 8.39. The van der Waals surface area contributed by atoms with Gasteiger partial charge in [-0.2, -0.15) is 0 Å². The Labute approximate surface area is 169 Å². The Kier molecular flexibility index (Phi) is 4.23. The third-order valence-corrected chi connectivity index (χ3v) is 9.85. The summed E-state index contributed by atoms with van der Waals surface area (Å²) in [7, 11) is -1.44. The maximum absolute atomic E-state index is 2.80. The first-order chi connectivity index (χ1) is 13.0. The highest BCUT2D eigenvalue weighted by atomic mass is 32.2. The van der Waals surface area contributed by atoms with Gasteiger partial charge in [0.1, 0.15) is 0 Å². The van der Waals surface area contributed by atoms with Crippen molar-refractivity contribution in [1.82, 2.24) is 4.90 Å². The maximum Gasteiger partial charge on any atom is 0.0803 e. The number of benzene rings is 2. The van der Waals surface area contributed by atoms with Gasteiger partial charge in [-0.1, -0.05) is 55.7 Å². The first-order valence-electron chi connectivity index (χ1n) is 10.4. The predicted molar refractivity (Wildman–Crippen MR) is 120 cm³/mol. The number of anilines is 2. The van der Waals surface area contributed by atoms with E-state index in [-0.39, 0.29) is 0 Å². The van der Waals surface area contributed by atoms with Gasteiger partial charge in [0.15, 0.2) is 0 Å². The van der Waals surface area contributed by atoms with E-state index in [9.17, 15) is 0 Å². The Hall–Kier alpha value is -1.23. The van der Waals surface area contributed by atoms with E-state index in [1.54, 1.807) is 5.19 Å². The average molecular weight is 395 g/mol. The standard InChI is InChI=1S/C23H30N2SSi/c1-27(2,3)21-12-6-11-20-22(21)25(18-9-4-5-10-19(18)26-20)17-23-13-7-15-24(23)16-8-14-23/h4-6,9-12H,7-8,13-17H2,1-3H3. The zero-order valence-electron chi connectivity index (χ0n) is 16.8. The molecule has 0 N–H and O–H groups in total. The number of hydrogen-bond acceptors (Lipinski definition) is 3. The van der Waals surface area contributed by atoms with Gasteiger partial charge in [-0.25, -0.2) is 0 Å². The van der Waals surface area contributed by atoms with Crippen LogP contribution in [-0.2, 0) is 0 Å². The molecule has 0 radical (unpaired) electrons. The van der Waals surface area contributed by atoms with Crippen LogP contribution in [0.2, 0.25) is 19.6 Å². The van der Waals surface area contributed by atoms with E-state index in [1.807, 2.05) is 11.8 Å². The minimum absolute atomic E-state index is 0.388. The summed E-state index contributed by atoms with van der Waals surface area (Å²) in [5, 5.41) is 1.61. The van der Waals surface area contributed by atoms with Gasteiger partial charge < -0.3 is 4.90 Å². The highest BCUT2D eigenvalue weighted by Crippen LogP contribution is 2.50. The molecule has 2 fully saturated rings. The zero-order valence-corrected chi connectivity index (χ0v) is 18.6. The minimum atomic E-state index is -1.44. The molecule has 0 amide bonds. The summed E-state index contributed by atoms with van der Waals surface area (Å²) < 4.78 is 0. The number of rotatable bonds is 3. The van der Waals surface area contributed by atoms with E-state index < -0.39 is 8.07 Å². The van der Waals surface area contributed by atoms with Crippen LogP contribution in [0.4, 0.5) is 11.4 Å². The van der Waals surface area contributed by atoms with Gasteiger partial charge in [-0.05, 0) is 62.2 Å². The van der Waals surface area contributed by atoms with Crippen LogP contribution in [0.1, 0.15) is 25.7 Å². The van der Waals surface area contributed by atoms with Gasteiger partial charge >= 0.3 is 0 Å². The lowest BCUT2D eigenvalue weighted by atomic mass is 9.92. The van der Waals surface area contributed by atoms with Crippen molar-refractivity contribution in [3.63, 3.8) is 0 Å². The van der Waals surface area contributed by atoms with Crippen molar-refractivity contribution in [2.75, 3.05) is 24.5 Å². The highest BCUT2D eigenvalue weighted by molar-refractivity contribution is 7.99. The predicted octanol–water partition coefficient (Wildman–Crippen LogP) is 5.46. The van der Waals surface area contributed by atoms with Crippen LogP contribution in [0, 0.1) is 0 Å². The molecule has 0 saturated carbocycles. The van der Waals surface area contributed by atoms with Crippen molar-refractivity contribution in [2.24, 2.45) is 0 Å². The highest BCUT2D eigenvalue weighted by Gasteiger charge is 2.46. The van der Waals surface area contributed by atoms with Crippen LogP contribution in [0.25, 0.3) is 0 Å². The molecule has 0 spiro atoms. The molecule has 3 aliphatic rings. The van der Waals surface area contributed by atoms with Crippen LogP contribution in [0.3, 0.4) is 0 Å². The van der Waals surface area contributed by atoms with Crippen molar-refractivity contribution in [3.8, 4) is 0 Å². The molecule has 0 aliphatic carbocycles. The number of para-hydroxylation sites is 2. The summed E-state index contributed by atoms with van der Waals surface area (Å²) in [5.74, 6) is 0. The molecule has 0 bridgehead atoms. The molecule has 0 atom stereocenters. The smallest absolute Gasteiger partial charge is 0.0803 e. The SMILES string of the molecule is C[Si](C)(C)c1cccc2c1N(CC13CCCN1CCC3)c1ccccc1S2. The summed E-state index contributed by atoms with van der Waals surface area (Å²) >= 11 is 1.96. The quantitative estimate of drug-likeness (QED) is 0.638. The molecule has 0 aromatic heterocycles. The Morgan fingerprint density at radius 3 is 2.37 bits per heavy atom. The van der Waals surface area contributed by atoms with Crippen molar-refractivity contribution in [3.05, 3.63) is 42.5 Å². The molecule has 3 heterocycles. The third kappa shape index (κ3) is 2.88. The molecule has 0 unspecified atom stereocenters. The van der Waals surface area contributed by atoms with Crippen LogP contribution >= 0.6 is 11.8 Å². The van der Waals surface area contributed by atoms with E-state index >= 15 is 0 Å². The molecule has 3 aliphatic heterocycles. The number of fused-ring (bicyclic) bond motifs is 3. The summed E-state index contributed by atoms with van der Waals surface area (Å²) in [6, 6.07) is 16.1. The van der Waals surface area contributed by atoms with Crippen molar-refractivity contribution in [2.45, 2.75) is 60.7 Å². The van der Waals surface area contributed by atoms with E-state index in [1.165, 1.54) is 59.9 Å². The van der Waals surface area contributed by atoms with Gasteiger partial charge in [-0.3, -0.25) is 4.90 Å². The molecular weight excluding hydrogens is 364 g/mol. The second-order valence-corrected chi connectivity index (χ2v) is 15.6. The second kappa shape index (κ2) is 6.40. The largest absolute Gasteiger partial charge is 0.338 e. The Morgan fingerprint density at radius 2 is 1.63 bits per heavy atom. The fourth-order valence-electron chi connectivity index (χ4n) is 5.44. The van der Waals surface area contributed by atoms with Crippen molar-refractivity contribution < 1.29 is 0 Å². The maximum atomic E-state index is 2.80.